The fraction of sp³-hybridized carbons (Fsp3) is 0.565. The molecule has 0 aromatic carbocycles. The van der Waals surface area contributed by atoms with Gasteiger partial charge in [-0.25, -0.2) is 14.2 Å². The predicted molar refractivity (Wildman–Crippen MR) is 145 cm³/mol. The van der Waals surface area contributed by atoms with Crippen LogP contribution in [0.15, 0.2) is 23.8 Å². The van der Waals surface area contributed by atoms with E-state index in [0.29, 0.717) is 19.4 Å². The Morgan fingerprint density at radius 1 is 1.07 bits per heavy atom. The van der Waals surface area contributed by atoms with Gasteiger partial charge in [0.2, 0.25) is 17.9 Å². The number of nitrogens with two attached hydrogens (primary N) is 2. The summed E-state index contributed by atoms with van der Waals surface area (Å²) in [6.07, 6.45) is -1.42. The second-order valence-corrected chi connectivity index (χ2v) is 10.3. The summed E-state index contributed by atoms with van der Waals surface area (Å²) < 4.78 is 24.4. The number of unbranched alkanes of at least 4 members (excludes halogenated alkanes) is 1. The predicted octanol–water partition coefficient (Wildman–Crippen LogP) is -3.43. The zero-order chi connectivity index (χ0) is 34.2. The molecule has 1 aliphatic rings. The maximum Gasteiger partial charge on any atom is 0.525 e. The first-order valence-corrected chi connectivity index (χ1v) is 14.7. The molecule has 21 nitrogen and oxygen atoms in total. The second kappa shape index (κ2) is 19.2. The third-order valence-electron chi connectivity index (χ3n) is 5.61. The average molecular weight is 670 g/mol. The largest absolute Gasteiger partial charge is 0.525 e. The smallest absolute Gasteiger partial charge is 0.505 e. The number of hydrogen-bond acceptors (Lipinski definition) is 16. The van der Waals surface area contributed by atoms with E-state index >= 15 is 0 Å². The van der Waals surface area contributed by atoms with Crippen LogP contribution < -0.4 is 27.6 Å². The quantitative estimate of drug-likeness (QED) is 0.0187. The number of carbonyl (C=O) groups excluding carboxylic acids is 5. The fourth-order valence-corrected chi connectivity index (χ4v) is 3.89. The lowest BCUT2D eigenvalue weighted by molar-refractivity contribution is -0.167. The van der Waals surface area contributed by atoms with E-state index in [2.05, 4.69) is 24.7 Å². The Labute approximate surface area is 255 Å². The minimum absolute atomic E-state index is 0.0917. The number of aliphatic hydroxyl groups excluding tert-OH is 2. The molecule has 1 heterocycles. The van der Waals surface area contributed by atoms with E-state index < -0.39 is 105 Å². The van der Waals surface area contributed by atoms with Gasteiger partial charge in [0, 0.05) is 0 Å². The van der Waals surface area contributed by atoms with Gasteiger partial charge in [-0.15, -0.1) is 5.48 Å². The van der Waals surface area contributed by atoms with Gasteiger partial charge in [-0.3, -0.25) is 29.0 Å². The zero-order valence-electron chi connectivity index (χ0n) is 23.7. The molecule has 2 amide bonds. The summed E-state index contributed by atoms with van der Waals surface area (Å²) in [7, 11) is -5.27. The summed E-state index contributed by atoms with van der Waals surface area (Å²) >= 11 is 0. The number of aliphatic hydroxyl groups is 2. The Balaban J connectivity index is 2.56. The van der Waals surface area contributed by atoms with Gasteiger partial charge in [0.1, 0.15) is 18.6 Å². The van der Waals surface area contributed by atoms with Gasteiger partial charge in [0.15, 0.2) is 11.9 Å². The summed E-state index contributed by atoms with van der Waals surface area (Å²) in [4.78, 5) is 94.4. The Kier molecular flexibility index (Phi) is 16.5. The van der Waals surface area contributed by atoms with Crippen LogP contribution in [0.2, 0.25) is 0 Å². The number of hydroxylamine groups is 1. The van der Waals surface area contributed by atoms with Crippen molar-refractivity contribution in [3.8, 4) is 0 Å². The van der Waals surface area contributed by atoms with Crippen LogP contribution in [0.3, 0.4) is 0 Å². The summed E-state index contributed by atoms with van der Waals surface area (Å²) in [5.74, 6) is -9.03. The molecule has 254 valence electrons. The third-order valence-corrected chi connectivity index (χ3v) is 6.03. The van der Waals surface area contributed by atoms with Gasteiger partial charge in [0.25, 0.3) is 5.76 Å². The molecule has 22 heteroatoms. The number of nitrogens with one attached hydrogen (secondary N) is 3. The third kappa shape index (κ3) is 14.4. The number of phosphoric acid groups is 1. The maximum atomic E-state index is 12.6. The van der Waals surface area contributed by atoms with Crippen molar-refractivity contribution in [2.45, 2.75) is 62.8 Å². The second-order valence-electron chi connectivity index (χ2n) is 9.10. The van der Waals surface area contributed by atoms with Gasteiger partial charge in [0.05, 0.1) is 19.4 Å². The van der Waals surface area contributed by atoms with Crippen LogP contribution in [0, 0.1) is 0 Å². The highest BCUT2D eigenvalue weighted by Crippen LogP contribution is 2.42. The van der Waals surface area contributed by atoms with Crippen LogP contribution >= 0.6 is 7.82 Å². The maximum absolute atomic E-state index is 12.6. The number of ether oxygens (including phenoxy) is 2. The number of cyclic esters (lactones) is 1. The van der Waals surface area contributed by atoms with Crippen molar-refractivity contribution in [3.05, 3.63) is 23.8 Å². The van der Waals surface area contributed by atoms with Crippen molar-refractivity contribution in [2.75, 3.05) is 19.7 Å². The van der Waals surface area contributed by atoms with E-state index in [1.807, 2.05) is 5.48 Å². The number of amides is 2. The van der Waals surface area contributed by atoms with Crippen LogP contribution in [0.1, 0.15) is 38.5 Å². The highest BCUT2D eigenvalue weighted by Gasteiger charge is 2.44. The Bertz CT molecular complexity index is 1190. The highest BCUT2D eigenvalue weighted by atomic mass is 31.2. The molecule has 1 aliphatic heterocycles. The normalized spacial score (nSPS) is 16.8. The molecule has 0 saturated carbocycles. The molecule has 0 radical (unpaired) electrons. The molecular weight excluding hydrogens is 633 g/mol. The molecule has 0 aromatic rings. The lowest BCUT2D eigenvalue weighted by Gasteiger charge is -2.21. The van der Waals surface area contributed by atoms with E-state index in [1.54, 1.807) is 0 Å². The Hall–Kier alpha value is -4.27. The van der Waals surface area contributed by atoms with Crippen molar-refractivity contribution in [2.24, 2.45) is 11.5 Å². The van der Waals surface area contributed by atoms with Crippen LogP contribution in [-0.4, -0.2) is 105 Å². The molecule has 0 aromatic heterocycles. The van der Waals surface area contributed by atoms with Gasteiger partial charge in [-0.1, -0.05) is 6.08 Å². The monoisotopic (exact) mass is 669 g/mol. The van der Waals surface area contributed by atoms with E-state index in [0.717, 1.165) is 6.20 Å². The van der Waals surface area contributed by atoms with Gasteiger partial charge < -0.3 is 56.3 Å². The first-order chi connectivity index (χ1) is 21.1. The van der Waals surface area contributed by atoms with Gasteiger partial charge in [-0.05, 0) is 38.4 Å². The molecule has 0 fully saturated rings. The minimum Gasteiger partial charge on any atom is -0.505 e. The van der Waals surface area contributed by atoms with Crippen molar-refractivity contribution < 1.29 is 77.3 Å². The molecule has 0 spiro atoms. The van der Waals surface area contributed by atoms with E-state index in [-0.39, 0.29) is 12.8 Å². The number of carboxylic acids is 1. The van der Waals surface area contributed by atoms with Crippen LogP contribution in [0.4, 0.5) is 0 Å². The number of esters is 2. The Morgan fingerprint density at radius 3 is 2.31 bits per heavy atom. The minimum atomic E-state index is -5.27. The number of carboxylic acid groups (broad SMARTS) is 1. The topological polar surface area (TPSA) is 346 Å². The van der Waals surface area contributed by atoms with Crippen molar-refractivity contribution in [1.82, 2.24) is 16.1 Å². The number of aliphatic carboxylic acids is 1. The average Bonchev–Trinajstić information content (AvgIpc) is 3.23. The SMILES string of the molecule is N/C=C/CC(NC(=O)CNOC(=O)CCC(=O)OC(CO)C1OC(=O)C(OP(=O)(O)O)=C1O)C(=O)NC(CCCCN)C(=O)O. The van der Waals surface area contributed by atoms with Crippen molar-refractivity contribution >= 4 is 43.5 Å². The molecule has 4 atom stereocenters. The number of rotatable bonds is 21. The molecule has 1 rings (SSSR count). The Morgan fingerprint density at radius 2 is 1.73 bits per heavy atom. The summed E-state index contributed by atoms with van der Waals surface area (Å²) in [5, 5.41) is 33.4. The number of phosphoric ester groups is 1. The van der Waals surface area contributed by atoms with Crippen LogP contribution in [0.5, 0.6) is 0 Å². The fourth-order valence-electron chi connectivity index (χ4n) is 3.49. The van der Waals surface area contributed by atoms with E-state index in [1.165, 1.54) is 6.08 Å². The highest BCUT2D eigenvalue weighted by molar-refractivity contribution is 7.46. The van der Waals surface area contributed by atoms with Crippen LogP contribution in [-0.2, 0) is 52.2 Å². The summed E-state index contributed by atoms with van der Waals surface area (Å²) in [5.41, 5.74) is 12.7. The zero-order valence-corrected chi connectivity index (χ0v) is 24.6. The standard InChI is InChI=1S/C23H36N5O16P/c24-8-2-1-4-13(22(35)36)28-21(34)12(5-3-9-25)27-15(30)10-26-43-17(32)7-6-16(31)41-14(11-29)19-18(33)20(23(37)42-19)44-45(38,39)40/h3,9,12-14,19,26,29,33H,1-2,4-8,10-11,24-25H2,(H,27,30)(H,28,34)(H,35,36)(H2,38,39,40)/b9-3+. The molecule has 0 saturated heterocycles. The van der Waals surface area contributed by atoms with Crippen molar-refractivity contribution in [3.63, 3.8) is 0 Å². The van der Waals surface area contributed by atoms with Gasteiger partial charge >= 0.3 is 31.7 Å². The first-order valence-electron chi connectivity index (χ1n) is 13.1. The lowest BCUT2D eigenvalue weighted by atomic mass is 10.1. The molecule has 45 heavy (non-hydrogen) atoms. The molecular formula is C23H36N5O16P. The summed E-state index contributed by atoms with van der Waals surface area (Å²) in [6.45, 7) is -1.34. The van der Waals surface area contributed by atoms with Gasteiger partial charge in [-0.2, -0.15) is 0 Å². The number of hydrogen-bond donors (Lipinski definition) is 10. The van der Waals surface area contributed by atoms with Crippen LogP contribution in [0.25, 0.3) is 0 Å². The van der Waals surface area contributed by atoms with Crippen molar-refractivity contribution in [1.29, 1.82) is 0 Å². The number of carbonyl (C=O) groups is 6. The van der Waals surface area contributed by atoms with E-state index in [9.17, 15) is 48.7 Å². The molecule has 12 N–H and O–H groups in total. The molecule has 0 bridgehead atoms. The molecule has 0 aliphatic carbocycles. The molecule has 4 unspecified atom stereocenters. The van der Waals surface area contributed by atoms with E-state index in [4.69, 9.17) is 26.0 Å². The first kappa shape index (κ1) is 38.8. The summed E-state index contributed by atoms with van der Waals surface area (Å²) in [6, 6.07) is -2.45. The lowest BCUT2D eigenvalue weighted by Crippen LogP contribution is -2.52.